The van der Waals surface area contributed by atoms with Crippen LogP contribution in [0.15, 0.2) is 24.3 Å². The molecule has 3 heteroatoms. The Morgan fingerprint density at radius 3 is 3.06 bits per heavy atom. The Morgan fingerprint density at radius 2 is 2.29 bits per heavy atom. The van der Waals surface area contributed by atoms with E-state index in [9.17, 15) is 4.79 Å². The van der Waals surface area contributed by atoms with Gasteiger partial charge in [-0.1, -0.05) is 25.1 Å². The van der Waals surface area contributed by atoms with Crippen molar-refractivity contribution in [3.05, 3.63) is 29.8 Å². The molecule has 2 unspecified atom stereocenters. The molecule has 0 fully saturated rings. The van der Waals surface area contributed by atoms with Crippen molar-refractivity contribution < 1.29 is 4.79 Å². The van der Waals surface area contributed by atoms with E-state index in [1.54, 1.807) is 0 Å². The predicted molar refractivity (Wildman–Crippen MR) is 70.1 cm³/mol. The lowest BCUT2D eigenvalue weighted by Gasteiger charge is -2.27. The Labute approximate surface area is 103 Å². The highest BCUT2D eigenvalue weighted by Crippen LogP contribution is 2.24. The summed E-state index contributed by atoms with van der Waals surface area (Å²) >= 11 is 0. The van der Waals surface area contributed by atoms with E-state index in [-0.39, 0.29) is 18.0 Å². The van der Waals surface area contributed by atoms with Crippen LogP contribution in [0.2, 0.25) is 0 Å². The summed E-state index contributed by atoms with van der Waals surface area (Å²) in [6, 6.07) is 8.37. The second-order valence-electron chi connectivity index (χ2n) is 4.71. The van der Waals surface area contributed by atoms with E-state index in [2.05, 4.69) is 23.6 Å². The van der Waals surface area contributed by atoms with Gasteiger partial charge in [0, 0.05) is 11.7 Å². The number of para-hydroxylation sites is 1. The number of hydrogen-bond donors (Lipinski definition) is 2. The molecule has 3 nitrogen and oxygen atoms in total. The van der Waals surface area contributed by atoms with Crippen molar-refractivity contribution >= 4 is 11.6 Å². The molecule has 17 heavy (non-hydrogen) atoms. The molecule has 1 heterocycles. The van der Waals surface area contributed by atoms with Gasteiger partial charge >= 0.3 is 0 Å². The molecular weight excluding hydrogens is 212 g/mol. The van der Waals surface area contributed by atoms with Gasteiger partial charge in [0.15, 0.2) is 0 Å². The van der Waals surface area contributed by atoms with Crippen LogP contribution in [-0.2, 0) is 11.2 Å². The van der Waals surface area contributed by atoms with Crippen LogP contribution >= 0.6 is 0 Å². The second kappa shape index (κ2) is 5.21. The largest absolute Gasteiger partial charge is 0.373 e. The SMILES string of the molecule is CCC(C)NC(=O)C1CCc2ccccc2N1. The van der Waals surface area contributed by atoms with E-state index in [1.165, 1.54) is 5.56 Å². The Balaban J connectivity index is 2.00. The van der Waals surface area contributed by atoms with Crippen molar-refractivity contribution in [2.75, 3.05) is 5.32 Å². The fourth-order valence-corrected chi connectivity index (χ4v) is 2.08. The number of nitrogens with one attached hydrogen (secondary N) is 2. The zero-order valence-electron chi connectivity index (χ0n) is 10.5. The van der Waals surface area contributed by atoms with E-state index < -0.39 is 0 Å². The van der Waals surface area contributed by atoms with Gasteiger partial charge in [-0.05, 0) is 37.8 Å². The first-order valence-electron chi connectivity index (χ1n) is 6.35. The molecule has 0 bridgehead atoms. The van der Waals surface area contributed by atoms with Gasteiger partial charge in [-0.3, -0.25) is 4.79 Å². The van der Waals surface area contributed by atoms with Gasteiger partial charge in [-0.25, -0.2) is 0 Å². The van der Waals surface area contributed by atoms with Gasteiger partial charge in [-0.15, -0.1) is 0 Å². The molecule has 0 saturated carbocycles. The van der Waals surface area contributed by atoms with Crippen LogP contribution < -0.4 is 10.6 Å². The molecule has 1 aromatic carbocycles. The summed E-state index contributed by atoms with van der Waals surface area (Å²) in [4.78, 5) is 12.0. The summed E-state index contributed by atoms with van der Waals surface area (Å²) in [5.74, 6) is 0.119. The summed E-state index contributed by atoms with van der Waals surface area (Å²) in [5.41, 5.74) is 2.41. The average Bonchev–Trinajstić information content (AvgIpc) is 2.38. The standard InChI is InChI=1S/C14H20N2O/c1-3-10(2)15-14(17)13-9-8-11-6-4-5-7-12(11)16-13/h4-7,10,13,16H,3,8-9H2,1-2H3,(H,15,17). The highest BCUT2D eigenvalue weighted by atomic mass is 16.2. The van der Waals surface area contributed by atoms with Crippen LogP contribution in [0.25, 0.3) is 0 Å². The molecule has 1 aliphatic rings. The van der Waals surface area contributed by atoms with E-state index in [0.717, 1.165) is 24.9 Å². The lowest BCUT2D eigenvalue weighted by atomic mass is 9.97. The monoisotopic (exact) mass is 232 g/mol. The molecule has 2 atom stereocenters. The van der Waals surface area contributed by atoms with Crippen LogP contribution in [0.5, 0.6) is 0 Å². The number of aryl methyl sites for hydroxylation is 1. The third kappa shape index (κ3) is 2.78. The molecule has 2 N–H and O–H groups in total. The topological polar surface area (TPSA) is 41.1 Å². The van der Waals surface area contributed by atoms with Gasteiger partial charge in [-0.2, -0.15) is 0 Å². The van der Waals surface area contributed by atoms with E-state index in [0.29, 0.717) is 0 Å². The van der Waals surface area contributed by atoms with Crippen LogP contribution in [0.4, 0.5) is 5.69 Å². The van der Waals surface area contributed by atoms with Gasteiger partial charge < -0.3 is 10.6 Å². The number of amides is 1. The number of rotatable bonds is 3. The first-order chi connectivity index (χ1) is 8.20. The molecule has 0 spiro atoms. The Hall–Kier alpha value is -1.51. The lowest BCUT2D eigenvalue weighted by molar-refractivity contribution is -0.122. The number of fused-ring (bicyclic) bond motifs is 1. The van der Waals surface area contributed by atoms with Crippen LogP contribution in [0.3, 0.4) is 0 Å². The molecule has 0 saturated heterocycles. The van der Waals surface area contributed by atoms with Crippen molar-refractivity contribution in [1.29, 1.82) is 0 Å². The number of carbonyl (C=O) groups is 1. The quantitative estimate of drug-likeness (QED) is 0.839. The summed E-state index contributed by atoms with van der Waals surface area (Å²) in [5, 5.41) is 6.34. The van der Waals surface area contributed by atoms with E-state index >= 15 is 0 Å². The van der Waals surface area contributed by atoms with E-state index in [1.807, 2.05) is 25.1 Å². The van der Waals surface area contributed by atoms with Crippen molar-refractivity contribution in [3.8, 4) is 0 Å². The Kier molecular flexibility index (Phi) is 3.67. The Bertz CT molecular complexity index is 403. The van der Waals surface area contributed by atoms with Crippen molar-refractivity contribution in [2.45, 2.75) is 45.2 Å². The zero-order valence-corrected chi connectivity index (χ0v) is 10.5. The molecule has 0 radical (unpaired) electrons. The van der Waals surface area contributed by atoms with Crippen molar-refractivity contribution in [2.24, 2.45) is 0 Å². The number of anilines is 1. The fourth-order valence-electron chi connectivity index (χ4n) is 2.08. The molecule has 1 aromatic rings. The van der Waals surface area contributed by atoms with Crippen molar-refractivity contribution in [1.82, 2.24) is 5.32 Å². The average molecular weight is 232 g/mol. The molecule has 92 valence electrons. The fraction of sp³-hybridized carbons (Fsp3) is 0.500. The molecule has 0 aliphatic carbocycles. The number of hydrogen-bond acceptors (Lipinski definition) is 2. The van der Waals surface area contributed by atoms with Crippen LogP contribution in [0, 0.1) is 0 Å². The maximum absolute atomic E-state index is 12.0. The Morgan fingerprint density at radius 1 is 1.53 bits per heavy atom. The highest BCUT2D eigenvalue weighted by Gasteiger charge is 2.23. The normalized spacial score (nSPS) is 20.0. The van der Waals surface area contributed by atoms with Crippen LogP contribution in [-0.4, -0.2) is 18.0 Å². The van der Waals surface area contributed by atoms with Gasteiger partial charge in [0.25, 0.3) is 0 Å². The predicted octanol–water partition coefficient (Wildman–Crippen LogP) is 2.33. The lowest BCUT2D eigenvalue weighted by Crippen LogP contribution is -2.45. The third-order valence-corrected chi connectivity index (χ3v) is 3.37. The van der Waals surface area contributed by atoms with Gasteiger partial charge in [0.1, 0.15) is 6.04 Å². The molecular formula is C14H20N2O. The summed E-state index contributed by atoms with van der Waals surface area (Å²) in [7, 11) is 0. The molecule has 2 rings (SSSR count). The number of benzene rings is 1. The minimum absolute atomic E-state index is 0.0844. The number of carbonyl (C=O) groups excluding carboxylic acids is 1. The smallest absolute Gasteiger partial charge is 0.242 e. The highest BCUT2D eigenvalue weighted by molar-refractivity contribution is 5.85. The maximum atomic E-state index is 12.0. The van der Waals surface area contributed by atoms with Gasteiger partial charge in [0.05, 0.1) is 0 Å². The van der Waals surface area contributed by atoms with E-state index in [4.69, 9.17) is 0 Å². The minimum Gasteiger partial charge on any atom is -0.373 e. The summed E-state index contributed by atoms with van der Waals surface area (Å²) < 4.78 is 0. The molecule has 0 aromatic heterocycles. The first-order valence-corrected chi connectivity index (χ1v) is 6.35. The third-order valence-electron chi connectivity index (χ3n) is 3.37. The van der Waals surface area contributed by atoms with Crippen molar-refractivity contribution in [3.63, 3.8) is 0 Å². The maximum Gasteiger partial charge on any atom is 0.242 e. The summed E-state index contributed by atoms with van der Waals surface area (Å²) in [6.07, 6.45) is 2.82. The summed E-state index contributed by atoms with van der Waals surface area (Å²) in [6.45, 7) is 4.11. The zero-order chi connectivity index (χ0) is 12.3. The second-order valence-corrected chi connectivity index (χ2v) is 4.71. The minimum atomic E-state index is -0.0844. The van der Waals surface area contributed by atoms with Gasteiger partial charge in [0.2, 0.25) is 5.91 Å². The first kappa shape index (κ1) is 12.0. The van der Waals surface area contributed by atoms with Crippen LogP contribution in [0.1, 0.15) is 32.3 Å². The molecule has 1 aliphatic heterocycles. The molecule has 1 amide bonds.